The third-order valence-corrected chi connectivity index (χ3v) is 5.57. The SMILES string of the molecule is CCC(CC)(CCCOS(=O)(=O)c1ccccc1)C(=O)Cl. The lowest BCUT2D eigenvalue weighted by atomic mass is 9.79. The monoisotopic (exact) mass is 332 g/mol. The Morgan fingerprint density at radius 2 is 1.76 bits per heavy atom. The molecule has 0 atom stereocenters. The van der Waals surface area contributed by atoms with Gasteiger partial charge < -0.3 is 0 Å². The summed E-state index contributed by atoms with van der Waals surface area (Å²) in [5.74, 6) is 0. The second-order valence-corrected chi connectivity index (χ2v) is 6.91. The molecule has 0 bridgehead atoms. The molecule has 118 valence electrons. The smallest absolute Gasteiger partial charge is 0.281 e. The molecule has 0 saturated heterocycles. The lowest BCUT2D eigenvalue weighted by Crippen LogP contribution is -2.26. The van der Waals surface area contributed by atoms with E-state index in [4.69, 9.17) is 15.8 Å². The van der Waals surface area contributed by atoms with Crippen molar-refractivity contribution in [2.24, 2.45) is 5.41 Å². The van der Waals surface area contributed by atoms with Gasteiger partial charge in [0, 0.05) is 5.41 Å². The summed E-state index contributed by atoms with van der Waals surface area (Å²) < 4.78 is 28.8. The molecule has 1 rings (SSSR count). The van der Waals surface area contributed by atoms with Crippen molar-refractivity contribution in [3.05, 3.63) is 30.3 Å². The first kappa shape index (κ1) is 18.1. The van der Waals surface area contributed by atoms with E-state index < -0.39 is 15.5 Å². The Kier molecular flexibility index (Phi) is 6.84. The van der Waals surface area contributed by atoms with Crippen LogP contribution < -0.4 is 0 Å². The van der Waals surface area contributed by atoms with E-state index in [0.717, 1.165) is 0 Å². The van der Waals surface area contributed by atoms with Crippen molar-refractivity contribution >= 4 is 27.0 Å². The summed E-state index contributed by atoms with van der Waals surface area (Å²) in [7, 11) is -3.73. The molecule has 0 saturated carbocycles. The highest BCUT2D eigenvalue weighted by molar-refractivity contribution is 7.86. The first-order chi connectivity index (χ1) is 9.88. The molecule has 4 nitrogen and oxygen atoms in total. The van der Waals surface area contributed by atoms with Gasteiger partial charge in [0.15, 0.2) is 0 Å². The molecule has 21 heavy (non-hydrogen) atoms. The third-order valence-electron chi connectivity index (χ3n) is 3.84. The van der Waals surface area contributed by atoms with Gasteiger partial charge in [0.1, 0.15) is 0 Å². The predicted octanol–water partition coefficient (Wildman–Crippen LogP) is 3.74. The van der Waals surface area contributed by atoms with Crippen molar-refractivity contribution in [3.8, 4) is 0 Å². The topological polar surface area (TPSA) is 60.4 Å². The zero-order valence-electron chi connectivity index (χ0n) is 12.3. The number of carbonyl (C=O) groups is 1. The van der Waals surface area contributed by atoms with Gasteiger partial charge in [-0.3, -0.25) is 8.98 Å². The minimum atomic E-state index is -3.73. The first-order valence-electron chi connectivity index (χ1n) is 7.02. The molecule has 0 spiro atoms. The molecule has 6 heteroatoms. The van der Waals surface area contributed by atoms with Crippen LogP contribution in [0, 0.1) is 5.41 Å². The van der Waals surface area contributed by atoms with Crippen LogP contribution >= 0.6 is 11.6 Å². The molecule has 0 aromatic heterocycles. The molecule has 0 aliphatic carbocycles. The number of hydrogen-bond acceptors (Lipinski definition) is 4. The van der Waals surface area contributed by atoms with E-state index in [2.05, 4.69) is 0 Å². The average Bonchev–Trinajstić information content (AvgIpc) is 2.48. The Labute approximate surface area is 131 Å². The summed E-state index contributed by atoms with van der Waals surface area (Å²) in [5.41, 5.74) is -0.582. The average molecular weight is 333 g/mol. The van der Waals surface area contributed by atoms with Crippen LogP contribution in [0.5, 0.6) is 0 Å². The van der Waals surface area contributed by atoms with Crippen molar-refractivity contribution in [1.82, 2.24) is 0 Å². The second kappa shape index (κ2) is 7.92. The number of benzene rings is 1. The Bertz CT molecular complexity index is 550. The van der Waals surface area contributed by atoms with Crippen LogP contribution in [-0.4, -0.2) is 20.3 Å². The quantitative estimate of drug-likeness (QED) is 0.392. The lowest BCUT2D eigenvalue weighted by Gasteiger charge is -2.27. The van der Waals surface area contributed by atoms with Crippen LogP contribution in [-0.2, 0) is 19.1 Å². The summed E-state index contributed by atoms with van der Waals surface area (Å²) in [6.45, 7) is 3.86. The van der Waals surface area contributed by atoms with E-state index in [9.17, 15) is 13.2 Å². The highest BCUT2D eigenvalue weighted by atomic mass is 35.5. The highest BCUT2D eigenvalue weighted by Crippen LogP contribution is 2.34. The number of hydrogen-bond donors (Lipinski definition) is 0. The van der Waals surface area contributed by atoms with Crippen LogP contribution in [0.1, 0.15) is 39.5 Å². The molecule has 0 heterocycles. The zero-order valence-corrected chi connectivity index (χ0v) is 13.9. The lowest BCUT2D eigenvalue weighted by molar-refractivity contribution is -0.121. The summed E-state index contributed by atoms with van der Waals surface area (Å²) in [6, 6.07) is 7.99. The largest absolute Gasteiger partial charge is 0.296 e. The van der Waals surface area contributed by atoms with Crippen molar-refractivity contribution < 1.29 is 17.4 Å². The van der Waals surface area contributed by atoms with Gasteiger partial charge in [-0.25, -0.2) is 0 Å². The molecular formula is C15H21ClO4S. The van der Waals surface area contributed by atoms with Gasteiger partial charge in [0.25, 0.3) is 10.1 Å². The van der Waals surface area contributed by atoms with Crippen molar-refractivity contribution in [2.75, 3.05) is 6.61 Å². The fraction of sp³-hybridized carbons (Fsp3) is 0.533. The molecule has 1 aromatic carbocycles. The third kappa shape index (κ3) is 4.80. The normalized spacial score (nSPS) is 12.3. The summed E-state index contributed by atoms with van der Waals surface area (Å²) in [4.78, 5) is 11.7. The van der Waals surface area contributed by atoms with Gasteiger partial charge in [-0.1, -0.05) is 32.0 Å². The minimum absolute atomic E-state index is 0.0448. The maximum Gasteiger partial charge on any atom is 0.296 e. The minimum Gasteiger partial charge on any atom is -0.281 e. The second-order valence-electron chi connectivity index (χ2n) is 4.95. The van der Waals surface area contributed by atoms with Crippen LogP contribution in [0.4, 0.5) is 0 Å². The van der Waals surface area contributed by atoms with Crippen LogP contribution in [0.15, 0.2) is 35.2 Å². The Morgan fingerprint density at radius 3 is 2.24 bits per heavy atom. The molecule has 0 radical (unpaired) electrons. The van der Waals surface area contributed by atoms with E-state index in [1.807, 2.05) is 13.8 Å². The van der Waals surface area contributed by atoms with Gasteiger partial charge >= 0.3 is 0 Å². The molecule has 0 amide bonds. The van der Waals surface area contributed by atoms with Gasteiger partial charge in [-0.15, -0.1) is 0 Å². The van der Waals surface area contributed by atoms with Gasteiger partial charge in [-0.2, -0.15) is 8.42 Å². The first-order valence-corrected chi connectivity index (χ1v) is 8.81. The van der Waals surface area contributed by atoms with E-state index in [0.29, 0.717) is 25.7 Å². The van der Waals surface area contributed by atoms with Crippen molar-refractivity contribution in [1.29, 1.82) is 0 Å². The molecule has 0 N–H and O–H groups in total. The van der Waals surface area contributed by atoms with E-state index in [1.54, 1.807) is 18.2 Å². The summed E-state index contributed by atoms with van der Waals surface area (Å²) in [5, 5.41) is -0.363. The molecule has 0 fully saturated rings. The Morgan fingerprint density at radius 1 is 1.19 bits per heavy atom. The fourth-order valence-electron chi connectivity index (χ4n) is 2.21. The maximum absolute atomic E-state index is 11.9. The Hall–Kier alpha value is -0.910. The van der Waals surface area contributed by atoms with Crippen molar-refractivity contribution in [2.45, 2.75) is 44.4 Å². The summed E-state index contributed by atoms with van der Waals surface area (Å²) >= 11 is 5.67. The van der Waals surface area contributed by atoms with Crippen molar-refractivity contribution in [3.63, 3.8) is 0 Å². The zero-order chi connectivity index (χ0) is 15.9. The number of carbonyl (C=O) groups excluding carboxylic acids is 1. The molecule has 0 unspecified atom stereocenters. The highest BCUT2D eigenvalue weighted by Gasteiger charge is 2.32. The number of halogens is 1. The van der Waals surface area contributed by atoms with Gasteiger partial charge in [-0.05, 0) is 49.4 Å². The van der Waals surface area contributed by atoms with Gasteiger partial charge in [0.2, 0.25) is 5.24 Å². The van der Waals surface area contributed by atoms with Crippen LogP contribution in [0.2, 0.25) is 0 Å². The predicted molar refractivity (Wildman–Crippen MR) is 82.7 cm³/mol. The number of rotatable bonds is 9. The van der Waals surface area contributed by atoms with E-state index >= 15 is 0 Å². The molecular weight excluding hydrogens is 312 g/mol. The molecule has 1 aromatic rings. The summed E-state index contributed by atoms with van der Waals surface area (Å²) in [6.07, 6.45) is 2.26. The van der Waals surface area contributed by atoms with Gasteiger partial charge in [0.05, 0.1) is 11.5 Å². The molecule has 0 aliphatic rings. The van der Waals surface area contributed by atoms with Crippen LogP contribution in [0.25, 0.3) is 0 Å². The Balaban J connectivity index is 2.56. The fourth-order valence-corrected chi connectivity index (χ4v) is 3.54. The standard InChI is InChI=1S/C15H21ClO4S/c1-3-15(4-2,14(16)17)11-8-12-20-21(18,19)13-9-6-5-7-10-13/h5-7,9-10H,3-4,8,11-12H2,1-2H3. The van der Waals surface area contributed by atoms with E-state index in [1.165, 1.54) is 12.1 Å². The molecule has 0 aliphatic heterocycles. The maximum atomic E-state index is 11.9. The van der Waals surface area contributed by atoms with Crippen LogP contribution in [0.3, 0.4) is 0 Å². The van der Waals surface area contributed by atoms with E-state index in [-0.39, 0.29) is 16.7 Å².